The van der Waals surface area contributed by atoms with E-state index in [2.05, 4.69) is 39.6 Å². The van der Waals surface area contributed by atoms with Crippen LogP contribution in [0.4, 0.5) is 9.93 Å². The predicted molar refractivity (Wildman–Crippen MR) is 92.9 cm³/mol. The standard InChI is InChI=1S/C16H22N4O2S/c1-10-5-6-11-12(7-10)23-14(18-11)20-8-13(17-9-20)19-15(21)22-16(2,3)4/h5-7,13,17H,8-9H2,1-4H3,(H,19,21)/t13-/m0/s1. The number of fused-ring (bicyclic) bond motifs is 1. The maximum atomic E-state index is 11.8. The molecule has 0 spiro atoms. The maximum absolute atomic E-state index is 11.8. The van der Waals surface area contributed by atoms with Crippen LogP contribution in [0.3, 0.4) is 0 Å². The van der Waals surface area contributed by atoms with Crippen molar-refractivity contribution in [1.29, 1.82) is 0 Å². The molecule has 2 N–H and O–H groups in total. The van der Waals surface area contributed by atoms with Gasteiger partial charge < -0.3 is 15.0 Å². The second kappa shape index (κ2) is 5.98. The van der Waals surface area contributed by atoms with Gasteiger partial charge in [0.2, 0.25) is 0 Å². The molecule has 0 saturated carbocycles. The number of hydrogen-bond acceptors (Lipinski definition) is 6. The molecule has 1 aliphatic rings. The Morgan fingerprint density at radius 3 is 3.00 bits per heavy atom. The molecule has 1 atom stereocenters. The summed E-state index contributed by atoms with van der Waals surface area (Å²) in [5.74, 6) is 0. The maximum Gasteiger partial charge on any atom is 0.408 e. The van der Waals surface area contributed by atoms with Crippen LogP contribution in [0.2, 0.25) is 0 Å². The lowest BCUT2D eigenvalue weighted by Gasteiger charge is -2.21. The summed E-state index contributed by atoms with van der Waals surface area (Å²) in [6.45, 7) is 8.95. The zero-order valence-corrected chi connectivity index (χ0v) is 14.7. The number of hydrogen-bond donors (Lipinski definition) is 2. The number of carbonyl (C=O) groups is 1. The first kappa shape index (κ1) is 16.0. The lowest BCUT2D eigenvalue weighted by Crippen LogP contribution is -2.45. The van der Waals surface area contributed by atoms with Crippen LogP contribution in [0.1, 0.15) is 26.3 Å². The SMILES string of the molecule is Cc1ccc2nc(N3CN[C@@H](NC(=O)OC(C)(C)C)C3)sc2c1. The van der Waals surface area contributed by atoms with E-state index in [1.54, 1.807) is 11.3 Å². The molecule has 1 aromatic heterocycles. The largest absolute Gasteiger partial charge is 0.444 e. The summed E-state index contributed by atoms with van der Waals surface area (Å²) in [5.41, 5.74) is 1.75. The second-order valence-electron chi connectivity index (χ2n) is 6.75. The summed E-state index contributed by atoms with van der Waals surface area (Å²) in [5, 5.41) is 7.06. The van der Waals surface area contributed by atoms with Crippen molar-refractivity contribution in [2.75, 3.05) is 18.1 Å². The van der Waals surface area contributed by atoms with Crippen LogP contribution in [-0.4, -0.2) is 36.1 Å². The van der Waals surface area contributed by atoms with Crippen LogP contribution in [-0.2, 0) is 4.74 Å². The van der Waals surface area contributed by atoms with Crippen molar-refractivity contribution < 1.29 is 9.53 Å². The third-order valence-electron chi connectivity index (χ3n) is 3.43. The van der Waals surface area contributed by atoms with Crippen molar-refractivity contribution in [3.63, 3.8) is 0 Å². The summed E-state index contributed by atoms with van der Waals surface area (Å²) in [6, 6.07) is 6.27. The van der Waals surface area contributed by atoms with Crippen molar-refractivity contribution >= 4 is 32.8 Å². The van der Waals surface area contributed by atoms with Gasteiger partial charge in [-0.2, -0.15) is 0 Å². The van der Waals surface area contributed by atoms with Gasteiger partial charge in [-0.15, -0.1) is 0 Å². The van der Waals surface area contributed by atoms with Gasteiger partial charge in [-0.05, 0) is 45.4 Å². The van der Waals surface area contributed by atoms with Crippen LogP contribution in [0, 0.1) is 6.92 Å². The van der Waals surface area contributed by atoms with Gasteiger partial charge in [-0.25, -0.2) is 9.78 Å². The van der Waals surface area contributed by atoms with Crippen LogP contribution >= 0.6 is 11.3 Å². The highest BCUT2D eigenvalue weighted by atomic mass is 32.1. The van der Waals surface area contributed by atoms with Crippen LogP contribution in [0.5, 0.6) is 0 Å². The topological polar surface area (TPSA) is 66.5 Å². The number of anilines is 1. The van der Waals surface area contributed by atoms with E-state index in [0.717, 1.165) is 10.6 Å². The van der Waals surface area contributed by atoms with E-state index in [0.29, 0.717) is 13.2 Å². The number of nitrogens with one attached hydrogen (secondary N) is 2. The van der Waals surface area contributed by atoms with Gasteiger partial charge in [0.15, 0.2) is 5.13 Å². The van der Waals surface area contributed by atoms with Crippen molar-refractivity contribution in [2.45, 2.75) is 39.5 Å². The van der Waals surface area contributed by atoms with Crippen LogP contribution in [0.25, 0.3) is 10.2 Å². The summed E-state index contributed by atoms with van der Waals surface area (Å²) in [4.78, 5) is 18.6. The molecule has 3 rings (SSSR count). The number of nitrogens with zero attached hydrogens (tertiary/aromatic N) is 2. The molecule has 0 radical (unpaired) electrons. The van der Waals surface area contributed by atoms with E-state index in [1.807, 2.05) is 26.8 Å². The average Bonchev–Trinajstić information content (AvgIpc) is 3.01. The number of ether oxygens (including phenoxy) is 1. The molecule has 6 nitrogen and oxygen atoms in total. The highest BCUT2D eigenvalue weighted by Crippen LogP contribution is 2.30. The first-order chi connectivity index (χ1) is 10.8. The molecule has 1 amide bonds. The highest BCUT2D eigenvalue weighted by Gasteiger charge is 2.27. The van der Waals surface area contributed by atoms with Gasteiger partial charge in [0.05, 0.1) is 23.4 Å². The number of amides is 1. The van der Waals surface area contributed by atoms with Gasteiger partial charge in [-0.1, -0.05) is 17.4 Å². The van der Waals surface area contributed by atoms with Crippen molar-refractivity contribution in [1.82, 2.24) is 15.6 Å². The van der Waals surface area contributed by atoms with Crippen LogP contribution < -0.4 is 15.5 Å². The molecule has 2 heterocycles. The molecule has 124 valence electrons. The predicted octanol–water partition coefficient (Wildman–Crippen LogP) is 2.82. The fourth-order valence-corrected chi connectivity index (χ4v) is 3.49. The third kappa shape index (κ3) is 3.92. The number of carbonyl (C=O) groups excluding carboxylic acids is 1. The number of aromatic nitrogens is 1. The Morgan fingerprint density at radius 2 is 2.26 bits per heavy atom. The molecule has 0 bridgehead atoms. The highest BCUT2D eigenvalue weighted by molar-refractivity contribution is 7.22. The first-order valence-electron chi connectivity index (χ1n) is 7.65. The van der Waals surface area contributed by atoms with Gasteiger partial charge in [0.1, 0.15) is 11.8 Å². The second-order valence-corrected chi connectivity index (χ2v) is 7.76. The first-order valence-corrected chi connectivity index (χ1v) is 8.47. The number of rotatable bonds is 2. The fourth-order valence-electron chi connectivity index (χ4n) is 2.42. The zero-order chi connectivity index (χ0) is 16.6. The Morgan fingerprint density at radius 1 is 1.48 bits per heavy atom. The molecule has 1 fully saturated rings. The molecule has 1 saturated heterocycles. The number of alkyl carbamates (subject to hydrolysis) is 1. The normalized spacial score (nSPS) is 18.4. The van der Waals surface area contributed by atoms with E-state index in [4.69, 9.17) is 4.74 Å². The molecule has 1 aliphatic heterocycles. The molecular weight excluding hydrogens is 312 g/mol. The Balaban J connectivity index is 1.63. The Labute approximate surface area is 139 Å². The summed E-state index contributed by atoms with van der Waals surface area (Å²) >= 11 is 1.67. The van der Waals surface area contributed by atoms with Crippen molar-refractivity contribution in [3.8, 4) is 0 Å². The molecule has 0 unspecified atom stereocenters. The third-order valence-corrected chi connectivity index (χ3v) is 4.50. The quantitative estimate of drug-likeness (QED) is 0.884. The van der Waals surface area contributed by atoms with Crippen LogP contribution in [0.15, 0.2) is 18.2 Å². The van der Waals surface area contributed by atoms with Gasteiger partial charge in [0.25, 0.3) is 0 Å². The van der Waals surface area contributed by atoms with Gasteiger partial charge in [-0.3, -0.25) is 5.32 Å². The molecular formula is C16H22N4O2S. The summed E-state index contributed by atoms with van der Waals surface area (Å²) in [7, 11) is 0. The molecule has 2 aromatic rings. The van der Waals surface area contributed by atoms with E-state index >= 15 is 0 Å². The van der Waals surface area contributed by atoms with E-state index in [1.165, 1.54) is 10.3 Å². The molecule has 0 aliphatic carbocycles. The number of benzene rings is 1. The average molecular weight is 334 g/mol. The minimum Gasteiger partial charge on any atom is -0.444 e. The Kier molecular flexibility index (Phi) is 4.16. The Bertz CT molecular complexity index is 722. The number of aryl methyl sites for hydroxylation is 1. The molecule has 1 aromatic carbocycles. The zero-order valence-electron chi connectivity index (χ0n) is 13.8. The van der Waals surface area contributed by atoms with E-state index in [-0.39, 0.29) is 6.17 Å². The molecule has 23 heavy (non-hydrogen) atoms. The summed E-state index contributed by atoms with van der Waals surface area (Å²) in [6.07, 6.45) is -0.546. The summed E-state index contributed by atoms with van der Waals surface area (Å²) < 4.78 is 6.46. The van der Waals surface area contributed by atoms with Crippen molar-refractivity contribution in [2.24, 2.45) is 0 Å². The van der Waals surface area contributed by atoms with E-state index in [9.17, 15) is 4.79 Å². The fraction of sp³-hybridized carbons (Fsp3) is 0.500. The minimum absolute atomic E-state index is 0.140. The Hall–Kier alpha value is -1.86. The van der Waals surface area contributed by atoms with Gasteiger partial charge in [0, 0.05) is 0 Å². The minimum atomic E-state index is -0.493. The molecule has 7 heteroatoms. The monoisotopic (exact) mass is 334 g/mol. The lowest BCUT2D eigenvalue weighted by molar-refractivity contribution is 0.0503. The van der Waals surface area contributed by atoms with Crippen molar-refractivity contribution in [3.05, 3.63) is 23.8 Å². The van der Waals surface area contributed by atoms with E-state index < -0.39 is 11.7 Å². The smallest absolute Gasteiger partial charge is 0.408 e. The lowest BCUT2D eigenvalue weighted by atomic mass is 10.2. The van der Waals surface area contributed by atoms with Gasteiger partial charge >= 0.3 is 6.09 Å². The number of thiazole rings is 1.